The molecule has 2 aromatic rings. The van der Waals surface area contributed by atoms with Crippen LogP contribution in [0.15, 0.2) is 22.6 Å². The first-order chi connectivity index (χ1) is 11.7. The number of amides is 1. The number of rotatable bonds is 2. The van der Waals surface area contributed by atoms with Crippen molar-refractivity contribution in [3.05, 3.63) is 29.5 Å². The van der Waals surface area contributed by atoms with Crippen molar-refractivity contribution in [2.24, 2.45) is 0 Å². The number of aryl methyl sites for hydroxylation is 1. The zero-order chi connectivity index (χ0) is 16.7. The molecule has 24 heavy (non-hydrogen) atoms. The summed E-state index contributed by atoms with van der Waals surface area (Å²) in [4.78, 5) is 17.6. The van der Waals surface area contributed by atoms with Gasteiger partial charge in [0.25, 0.3) is 5.91 Å². The standard InChI is InChI=1S/C19H24N2O3/c1-13-15-7-3-8-16(23-2)18(15)24-17(13)19(22)21-11-5-10-20-9-4-6-14(20)12-21/h3,7-8,14H,4-6,9-12H2,1-2H3/t14-/m0/s1. The number of ether oxygens (including phenoxy) is 1. The average Bonchev–Trinajstić information content (AvgIpc) is 3.12. The van der Waals surface area contributed by atoms with Crippen LogP contribution in [0.3, 0.4) is 0 Å². The first-order valence-corrected chi connectivity index (χ1v) is 8.78. The summed E-state index contributed by atoms with van der Waals surface area (Å²) in [5, 5.41) is 0.954. The highest BCUT2D eigenvalue weighted by Crippen LogP contribution is 2.33. The van der Waals surface area contributed by atoms with Crippen molar-refractivity contribution in [3.8, 4) is 5.75 Å². The highest BCUT2D eigenvalue weighted by Gasteiger charge is 2.32. The molecule has 3 heterocycles. The largest absolute Gasteiger partial charge is 0.493 e. The van der Waals surface area contributed by atoms with Gasteiger partial charge in [0.2, 0.25) is 0 Å². The number of furan rings is 1. The second-order valence-corrected chi connectivity index (χ2v) is 6.83. The summed E-state index contributed by atoms with van der Waals surface area (Å²) in [6, 6.07) is 6.28. The maximum atomic E-state index is 13.1. The van der Waals surface area contributed by atoms with Crippen molar-refractivity contribution in [1.29, 1.82) is 0 Å². The van der Waals surface area contributed by atoms with E-state index in [0.717, 1.165) is 37.0 Å². The molecule has 1 aromatic heterocycles. The third kappa shape index (κ3) is 2.47. The van der Waals surface area contributed by atoms with E-state index in [1.165, 1.54) is 19.4 Å². The van der Waals surface area contributed by atoms with Gasteiger partial charge in [-0.25, -0.2) is 0 Å². The molecule has 128 valence electrons. The third-order valence-corrected chi connectivity index (χ3v) is 5.43. The Morgan fingerprint density at radius 2 is 2.08 bits per heavy atom. The van der Waals surface area contributed by atoms with Gasteiger partial charge in [0.05, 0.1) is 7.11 Å². The fourth-order valence-corrected chi connectivity index (χ4v) is 4.12. The predicted molar refractivity (Wildman–Crippen MR) is 92.6 cm³/mol. The van der Waals surface area contributed by atoms with E-state index in [4.69, 9.17) is 9.15 Å². The molecule has 0 radical (unpaired) electrons. The van der Waals surface area contributed by atoms with Crippen molar-refractivity contribution in [1.82, 2.24) is 9.80 Å². The lowest BCUT2D eigenvalue weighted by Crippen LogP contribution is -2.39. The van der Waals surface area contributed by atoms with E-state index in [1.54, 1.807) is 7.11 Å². The van der Waals surface area contributed by atoms with Gasteiger partial charge in [-0.2, -0.15) is 0 Å². The van der Waals surface area contributed by atoms with Crippen molar-refractivity contribution in [2.45, 2.75) is 32.2 Å². The van der Waals surface area contributed by atoms with Crippen LogP contribution in [-0.4, -0.2) is 55.0 Å². The Morgan fingerprint density at radius 1 is 1.25 bits per heavy atom. The van der Waals surface area contributed by atoms with Crippen LogP contribution in [0.4, 0.5) is 0 Å². The maximum absolute atomic E-state index is 13.1. The predicted octanol–water partition coefficient (Wildman–Crippen LogP) is 3.06. The van der Waals surface area contributed by atoms with Crippen LogP contribution in [0.1, 0.15) is 35.4 Å². The van der Waals surface area contributed by atoms with Crippen LogP contribution >= 0.6 is 0 Å². The van der Waals surface area contributed by atoms with Gasteiger partial charge >= 0.3 is 0 Å². The molecule has 1 amide bonds. The number of nitrogens with zero attached hydrogens (tertiary/aromatic N) is 2. The molecule has 0 saturated carbocycles. The Hall–Kier alpha value is -2.01. The minimum Gasteiger partial charge on any atom is -0.493 e. The fraction of sp³-hybridized carbons (Fsp3) is 0.526. The van der Waals surface area contributed by atoms with Crippen molar-refractivity contribution < 1.29 is 13.9 Å². The Morgan fingerprint density at radius 3 is 2.92 bits per heavy atom. The van der Waals surface area contributed by atoms with Gasteiger partial charge in [-0.3, -0.25) is 9.69 Å². The minimum atomic E-state index is 0.0134. The molecule has 2 aliphatic heterocycles. The lowest BCUT2D eigenvalue weighted by atomic mass is 10.1. The molecule has 2 saturated heterocycles. The lowest BCUT2D eigenvalue weighted by molar-refractivity contribution is 0.0713. The second kappa shape index (κ2) is 6.13. The number of carbonyl (C=O) groups excluding carboxylic acids is 1. The number of hydrogen-bond acceptors (Lipinski definition) is 4. The summed E-state index contributed by atoms with van der Waals surface area (Å²) in [6.07, 6.45) is 3.47. The molecular formula is C19H24N2O3. The zero-order valence-corrected chi connectivity index (χ0v) is 14.4. The highest BCUT2D eigenvalue weighted by atomic mass is 16.5. The molecule has 1 aromatic carbocycles. The van der Waals surface area contributed by atoms with Gasteiger partial charge in [-0.1, -0.05) is 12.1 Å². The zero-order valence-electron chi connectivity index (χ0n) is 14.4. The quantitative estimate of drug-likeness (QED) is 0.850. The van der Waals surface area contributed by atoms with Crippen LogP contribution in [0.5, 0.6) is 5.75 Å². The summed E-state index contributed by atoms with van der Waals surface area (Å²) in [5.41, 5.74) is 1.57. The van der Waals surface area contributed by atoms with Crippen LogP contribution in [0.2, 0.25) is 0 Å². The molecule has 2 aliphatic rings. The number of hydrogen-bond donors (Lipinski definition) is 0. The number of fused-ring (bicyclic) bond motifs is 2. The molecular weight excluding hydrogens is 304 g/mol. The van der Waals surface area contributed by atoms with Crippen LogP contribution in [-0.2, 0) is 0 Å². The Labute approximate surface area is 142 Å². The SMILES string of the molecule is COc1cccc2c(C)c(C(=O)N3CCCN4CCC[C@H]4C3)oc12. The number of benzene rings is 1. The molecule has 2 fully saturated rings. The second-order valence-electron chi connectivity index (χ2n) is 6.83. The van der Waals surface area contributed by atoms with Crippen LogP contribution < -0.4 is 4.74 Å². The monoisotopic (exact) mass is 328 g/mol. The van der Waals surface area contributed by atoms with Gasteiger partial charge < -0.3 is 14.1 Å². The molecule has 0 bridgehead atoms. The Bertz CT molecular complexity index is 767. The number of para-hydroxylation sites is 1. The summed E-state index contributed by atoms with van der Waals surface area (Å²) in [7, 11) is 1.62. The van der Waals surface area contributed by atoms with Crippen molar-refractivity contribution in [3.63, 3.8) is 0 Å². The van der Waals surface area contributed by atoms with E-state index in [1.807, 2.05) is 30.0 Å². The number of methoxy groups -OCH3 is 1. The van der Waals surface area contributed by atoms with Crippen LogP contribution in [0, 0.1) is 6.92 Å². The lowest BCUT2D eigenvalue weighted by Gasteiger charge is -2.25. The van der Waals surface area contributed by atoms with E-state index in [2.05, 4.69) is 4.90 Å². The summed E-state index contributed by atoms with van der Waals surface area (Å²) >= 11 is 0. The van der Waals surface area contributed by atoms with E-state index in [-0.39, 0.29) is 5.91 Å². The van der Waals surface area contributed by atoms with Gasteiger partial charge in [0.15, 0.2) is 17.1 Å². The smallest absolute Gasteiger partial charge is 0.289 e. The van der Waals surface area contributed by atoms with Crippen LogP contribution in [0.25, 0.3) is 11.0 Å². The normalized spacial score (nSPS) is 21.8. The molecule has 0 unspecified atom stereocenters. The third-order valence-electron chi connectivity index (χ3n) is 5.43. The van der Waals surface area contributed by atoms with Gasteiger partial charge in [0, 0.05) is 36.6 Å². The van der Waals surface area contributed by atoms with E-state index in [0.29, 0.717) is 23.1 Å². The van der Waals surface area contributed by atoms with E-state index >= 15 is 0 Å². The Kier molecular flexibility index (Phi) is 3.96. The fourth-order valence-electron chi connectivity index (χ4n) is 4.12. The molecule has 4 rings (SSSR count). The van der Waals surface area contributed by atoms with Gasteiger partial charge in [0.1, 0.15) is 0 Å². The highest BCUT2D eigenvalue weighted by molar-refractivity contribution is 6.00. The first kappa shape index (κ1) is 15.5. The van der Waals surface area contributed by atoms with E-state index in [9.17, 15) is 4.79 Å². The average molecular weight is 328 g/mol. The molecule has 0 aliphatic carbocycles. The molecule has 0 spiro atoms. The summed E-state index contributed by atoms with van der Waals surface area (Å²) < 4.78 is 11.3. The molecule has 5 heteroatoms. The maximum Gasteiger partial charge on any atom is 0.289 e. The molecule has 5 nitrogen and oxygen atoms in total. The summed E-state index contributed by atoms with van der Waals surface area (Å²) in [6.45, 7) is 5.85. The summed E-state index contributed by atoms with van der Waals surface area (Å²) in [5.74, 6) is 1.15. The minimum absolute atomic E-state index is 0.0134. The molecule has 1 atom stereocenters. The van der Waals surface area contributed by atoms with Crippen molar-refractivity contribution >= 4 is 16.9 Å². The number of carbonyl (C=O) groups is 1. The van der Waals surface area contributed by atoms with Crippen molar-refractivity contribution in [2.75, 3.05) is 33.3 Å². The van der Waals surface area contributed by atoms with E-state index < -0.39 is 0 Å². The molecule has 0 N–H and O–H groups in total. The first-order valence-electron chi connectivity index (χ1n) is 8.78. The Balaban J connectivity index is 1.66. The van der Waals surface area contributed by atoms with Gasteiger partial charge in [-0.15, -0.1) is 0 Å². The topological polar surface area (TPSA) is 45.9 Å². The van der Waals surface area contributed by atoms with Gasteiger partial charge in [-0.05, 0) is 38.8 Å².